The zero-order chi connectivity index (χ0) is 16.2. The lowest BCUT2D eigenvalue weighted by Gasteiger charge is -2.37. The normalized spacial score (nSPS) is 17.0. The fourth-order valence-corrected chi connectivity index (χ4v) is 2.58. The zero-order valence-electron chi connectivity index (χ0n) is 14.6. The van der Waals surface area contributed by atoms with Crippen molar-refractivity contribution in [1.29, 1.82) is 0 Å². The summed E-state index contributed by atoms with van der Waals surface area (Å²) < 4.78 is 19.4. The lowest BCUT2D eigenvalue weighted by atomic mass is 10.2. The number of β-amino-alcohol motifs (C(OH)–C–C–N with tert-alkyl or cyclic N) is 1. The van der Waals surface area contributed by atoms with Gasteiger partial charge in [-0.05, 0) is 32.9 Å². The Morgan fingerprint density at radius 1 is 1.12 bits per heavy atom. The number of benzene rings is 1. The van der Waals surface area contributed by atoms with Crippen molar-refractivity contribution in [3.8, 4) is 0 Å². The van der Waals surface area contributed by atoms with E-state index in [0.717, 1.165) is 26.2 Å². The summed E-state index contributed by atoms with van der Waals surface area (Å²) in [7, 11) is 0. The summed E-state index contributed by atoms with van der Waals surface area (Å²) >= 11 is 0. The van der Waals surface area contributed by atoms with Crippen molar-refractivity contribution in [1.82, 2.24) is 4.90 Å². The fourth-order valence-electron chi connectivity index (χ4n) is 2.58. The summed E-state index contributed by atoms with van der Waals surface area (Å²) in [6, 6.07) is 6.88. The average Bonchev–Trinajstić information content (AvgIpc) is 2.46. The average molecular weight is 383 g/mol. The predicted octanol–water partition coefficient (Wildman–Crippen LogP) is 2.97. The molecule has 4 nitrogen and oxygen atoms in total. The van der Waals surface area contributed by atoms with Crippen molar-refractivity contribution in [2.45, 2.75) is 32.5 Å². The molecule has 0 saturated carbocycles. The van der Waals surface area contributed by atoms with Crippen molar-refractivity contribution in [2.75, 3.05) is 44.2 Å². The number of ether oxygens (including phenoxy) is 1. The maximum Gasteiger partial charge on any atom is 0.146 e. The molecular formula is C17H29Cl2FN2O2. The molecule has 1 aliphatic rings. The first kappa shape index (κ1) is 23.4. The Labute approximate surface area is 156 Å². The molecule has 0 aliphatic carbocycles. The molecule has 7 heteroatoms. The highest BCUT2D eigenvalue weighted by Crippen LogP contribution is 2.20. The van der Waals surface area contributed by atoms with Crippen LogP contribution in [0.25, 0.3) is 0 Å². The molecule has 0 radical (unpaired) electrons. The maximum absolute atomic E-state index is 13.8. The summed E-state index contributed by atoms with van der Waals surface area (Å²) in [5.74, 6) is -0.172. The van der Waals surface area contributed by atoms with Crippen molar-refractivity contribution in [3.05, 3.63) is 30.1 Å². The van der Waals surface area contributed by atoms with Crippen LogP contribution in [-0.2, 0) is 4.74 Å². The number of rotatable bonds is 5. The largest absolute Gasteiger partial charge is 0.389 e. The van der Waals surface area contributed by atoms with Gasteiger partial charge in [0.25, 0.3) is 0 Å². The van der Waals surface area contributed by atoms with E-state index in [0.29, 0.717) is 18.8 Å². The van der Waals surface area contributed by atoms with E-state index < -0.39 is 6.10 Å². The van der Waals surface area contributed by atoms with Crippen LogP contribution in [0.1, 0.15) is 20.8 Å². The zero-order valence-corrected chi connectivity index (χ0v) is 16.2. The molecule has 24 heavy (non-hydrogen) atoms. The van der Waals surface area contributed by atoms with Gasteiger partial charge in [-0.3, -0.25) is 4.90 Å². The molecule has 0 spiro atoms. The second kappa shape index (κ2) is 10.4. The van der Waals surface area contributed by atoms with E-state index in [-0.39, 0.29) is 36.2 Å². The summed E-state index contributed by atoms with van der Waals surface area (Å²) in [6.45, 7) is 10.1. The van der Waals surface area contributed by atoms with Gasteiger partial charge < -0.3 is 14.7 Å². The highest BCUT2D eigenvalue weighted by Gasteiger charge is 2.22. The van der Waals surface area contributed by atoms with Crippen molar-refractivity contribution in [3.63, 3.8) is 0 Å². The van der Waals surface area contributed by atoms with Gasteiger partial charge in [0.1, 0.15) is 5.82 Å². The number of piperazine rings is 1. The molecule has 1 N–H and O–H groups in total. The third-order valence-corrected chi connectivity index (χ3v) is 3.74. The Hall–Kier alpha value is -0.590. The minimum absolute atomic E-state index is 0. The molecule has 1 atom stereocenters. The van der Waals surface area contributed by atoms with Gasteiger partial charge >= 0.3 is 0 Å². The molecule has 1 unspecified atom stereocenters. The molecule has 1 aromatic rings. The Morgan fingerprint density at radius 3 is 2.25 bits per heavy atom. The van der Waals surface area contributed by atoms with Crippen LogP contribution in [0, 0.1) is 5.82 Å². The first-order chi connectivity index (χ1) is 10.3. The summed E-state index contributed by atoms with van der Waals surface area (Å²) in [5, 5.41) is 10.1. The van der Waals surface area contributed by atoms with E-state index in [2.05, 4.69) is 9.80 Å². The van der Waals surface area contributed by atoms with E-state index >= 15 is 0 Å². The van der Waals surface area contributed by atoms with E-state index in [1.165, 1.54) is 6.07 Å². The van der Waals surface area contributed by atoms with E-state index in [9.17, 15) is 9.50 Å². The van der Waals surface area contributed by atoms with Crippen LogP contribution in [0.15, 0.2) is 24.3 Å². The number of nitrogens with zero attached hydrogens (tertiary/aromatic N) is 2. The monoisotopic (exact) mass is 382 g/mol. The predicted molar refractivity (Wildman–Crippen MR) is 101 cm³/mol. The van der Waals surface area contributed by atoms with Gasteiger partial charge in [-0.2, -0.15) is 0 Å². The third kappa shape index (κ3) is 7.53. The smallest absolute Gasteiger partial charge is 0.146 e. The highest BCUT2D eigenvalue weighted by atomic mass is 35.5. The summed E-state index contributed by atoms with van der Waals surface area (Å²) in [6.07, 6.45) is -0.487. The van der Waals surface area contributed by atoms with Crippen LogP contribution in [-0.4, -0.2) is 61.0 Å². The van der Waals surface area contributed by atoms with Gasteiger partial charge in [0.2, 0.25) is 0 Å². The van der Waals surface area contributed by atoms with Gasteiger partial charge in [0.05, 0.1) is 24.0 Å². The maximum atomic E-state index is 13.8. The lowest BCUT2D eigenvalue weighted by molar-refractivity contribution is -0.0563. The molecule has 0 bridgehead atoms. The molecule has 0 amide bonds. The minimum Gasteiger partial charge on any atom is -0.389 e. The summed E-state index contributed by atoms with van der Waals surface area (Å²) in [4.78, 5) is 4.26. The standard InChI is InChI=1S/C17H27FN2O2.2ClH/c1-17(2,3)22-13-14(21)12-19-8-10-20(11-9-19)16-7-5-4-6-15(16)18;;/h4-7,14,21H,8-13H2,1-3H3;2*1H. The van der Waals surface area contributed by atoms with Gasteiger partial charge in [-0.15, -0.1) is 24.8 Å². The van der Waals surface area contributed by atoms with E-state index in [1.807, 2.05) is 32.9 Å². The second-order valence-corrected chi connectivity index (χ2v) is 6.82. The molecule has 1 heterocycles. The number of hydrogen-bond acceptors (Lipinski definition) is 4. The quantitative estimate of drug-likeness (QED) is 0.848. The number of halogens is 3. The molecule has 140 valence electrons. The van der Waals surface area contributed by atoms with Gasteiger partial charge in [-0.1, -0.05) is 12.1 Å². The summed E-state index contributed by atoms with van der Waals surface area (Å²) in [5.41, 5.74) is 0.434. The van der Waals surface area contributed by atoms with Gasteiger partial charge in [0.15, 0.2) is 0 Å². The van der Waals surface area contributed by atoms with Crippen molar-refractivity contribution in [2.24, 2.45) is 0 Å². The Bertz CT molecular complexity index is 478. The van der Waals surface area contributed by atoms with Crippen LogP contribution in [0.3, 0.4) is 0 Å². The second-order valence-electron chi connectivity index (χ2n) is 6.82. The van der Waals surface area contributed by atoms with Crippen LogP contribution < -0.4 is 4.90 Å². The van der Waals surface area contributed by atoms with Gasteiger partial charge in [0, 0.05) is 32.7 Å². The van der Waals surface area contributed by atoms with Crippen LogP contribution in [0.5, 0.6) is 0 Å². The molecule has 1 aromatic carbocycles. The Kier molecular flexibility index (Phi) is 10.2. The molecule has 1 fully saturated rings. The number of hydrogen-bond donors (Lipinski definition) is 1. The van der Waals surface area contributed by atoms with Gasteiger partial charge in [-0.25, -0.2) is 4.39 Å². The Morgan fingerprint density at radius 2 is 1.71 bits per heavy atom. The Balaban J connectivity index is 0.00000264. The van der Waals surface area contributed by atoms with Crippen molar-refractivity contribution < 1.29 is 14.2 Å². The first-order valence-electron chi connectivity index (χ1n) is 7.89. The molecule has 2 rings (SSSR count). The SMILES string of the molecule is CC(C)(C)OCC(O)CN1CCN(c2ccccc2F)CC1.Cl.Cl. The molecule has 0 aromatic heterocycles. The highest BCUT2D eigenvalue weighted by molar-refractivity contribution is 5.85. The molecular weight excluding hydrogens is 354 g/mol. The number of aliphatic hydroxyl groups is 1. The number of para-hydroxylation sites is 1. The number of aliphatic hydroxyl groups excluding tert-OH is 1. The molecule has 1 saturated heterocycles. The third-order valence-electron chi connectivity index (χ3n) is 3.74. The first-order valence-corrected chi connectivity index (χ1v) is 7.89. The van der Waals surface area contributed by atoms with Crippen LogP contribution >= 0.6 is 24.8 Å². The molecule has 1 aliphatic heterocycles. The minimum atomic E-state index is -0.487. The van der Waals surface area contributed by atoms with Crippen LogP contribution in [0.4, 0.5) is 10.1 Å². The number of anilines is 1. The fraction of sp³-hybridized carbons (Fsp3) is 0.647. The van der Waals surface area contributed by atoms with Crippen LogP contribution in [0.2, 0.25) is 0 Å². The van der Waals surface area contributed by atoms with Crippen molar-refractivity contribution >= 4 is 30.5 Å². The van der Waals surface area contributed by atoms with E-state index in [4.69, 9.17) is 4.74 Å². The van der Waals surface area contributed by atoms with E-state index in [1.54, 1.807) is 6.07 Å². The lowest BCUT2D eigenvalue weighted by Crippen LogP contribution is -2.49. The topological polar surface area (TPSA) is 35.9 Å².